The van der Waals surface area contributed by atoms with Gasteiger partial charge in [-0.05, 0) is 31.2 Å². The van der Waals surface area contributed by atoms with Gasteiger partial charge in [0.1, 0.15) is 11.5 Å². The van der Waals surface area contributed by atoms with Crippen molar-refractivity contribution in [1.82, 2.24) is 9.78 Å². The fraction of sp³-hybridized carbons (Fsp3) is 0.167. The molecule has 88 valence electrons. The fourth-order valence-electron chi connectivity index (χ4n) is 1.52. The number of halogens is 2. The molecule has 1 aromatic carbocycles. The first-order valence-corrected chi connectivity index (χ1v) is 5.57. The van der Waals surface area contributed by atoms with E-state index in [0.29, 0.717) is 11.4 Å². The van der Waals surface area contributed by atoms with Crippen LogP contribution in [0.2, 0.25) is 0 Å². The van der Waals surface area contributed by atoms with Crippen LogP contribution in [0.4, 0.5) is 4.39 Å². The molecule has 1 heterocycles. The van der Waals surface area contributed by atoms with Crippen LogP contribution in [0.5, 0.6) is 0 Å². The van der Waals surface area contributed by atoms with Gasteiger partial charge in [0, 0.05) is 11.8 Å². The van der Waals surface area contributed by atoms with E-state index >= 15 is 0 Å². The SMILES string of the molecule is Cc1cc(=O)c(CCl)nn1-c1ccc(F)cc1. The van der Waals surface area contributed by atoms with Gasteiger partial charge < -0.3 is 0 Å². The second-order valence-electron chi connectivity index (χ2n) is 3.62. The third-order valence-corrected chi connectivity index (χ3v) is 2.63. The zero-order chi connectivity index (χ0) is 12.4. The predicted octanol–water partition coefficient (Wildman–Crippen LogP) is 2.42. The largest absolute Gasteiger partial charge is 0.288 e. The van der Waals surface area contributed by atoms with Crippen LogP contribution < -0.4 is 5.43 Å². The Morgan fingerprint density at radius 2 is 2.00 bits per heavy atom. The Morgan fingerprint density at radius 1 is 1.35 bits per heavy atom. The average molecular weight is 253 g/mol. The van der Waals surface area contributed by atoms with Crippen molar-refractivity contribution in [1.29, 1.82) is 0 Å². The third-order valence-electron chi connectivity index (χ3n) is 2.38. The zero-order valence-corrected chi connectivity index (χ0v) is 9.91. The highest BCUT2D eigenvalue weighted by molar-refractivity contribution is 6.16. The molecule has 0 aliphatic heterocycles. The van der Waals surface area contributed by atoms with Crippen LogP contribution in [0.1, 0.15) is 11.4 Å². The van der Waals surface area contributed by atoms with Crippen molar-refractivity contribution in [3.05, 3.63) is 57.8 Å². The van der Waals surface area contributed by atoms with Crippen LogP contribution in [-0.4, -0.2) is 9.78 Å². The molecule has 2 rings (SSSR count). The summed E-state index contributed by atoms with van der Waals surface area (Å²) in [5, 5.41) is 4.14. The van der Waals surface area contributed by atoms with Crippen LogP contribution in [0.25, 0.3) is 5.69 Å². The van der Waals surface area contributed by atoms with Crippen molar-refractivity contribution < 1.29 is 4.39 Å². The normalized spacial score (nSPS) is 10.5. The summed E-state index contributed by atoms with van der Waals surface area (Å²) in [5.74, 6) is -0.259. The van der Waals surface area contributed by atoms with E-state index in [-0.39, 0.29) is 22.8 Å². The Labute approximate surface area is 102 Å². The molecule has 0 spiro atoms. The van der Waals surface area contributed by atoms with Gasteiger partial charge in [0.15, 0.2) is 0 Å². The van der Waals surface area contributed by atoms with E-state index in [1.54, 1.807) is 23.7 Å². The van der Waals surface area contributed by atoms with Gasteiger partial charge in [0.2, 0.25) is 5.43 Å². The van der Waals surface area contributed by atoms with Gasteiger partial charge >= 0.3 is 0 Å². The van der Waals surface area contributed by atoms with E-state index in [0.717, 1.165) is 0 Å². The average Bonchev–Trinajstić information content (AvgIpc) is 2.31. The van der Waals surface area contributed by atoms with Gasteiger partial charge in [-0.25, -0.2) is 9.07 Å². The first-order valence-electron chi connectivity index (χ1n) is 5.03. The van der Waals surface area contributed by atoms with Crippen molar-refractivity contribution in [3.63, 3.8) is 0 Å². The highest BCUT2D eigenvalue weighted by Crippen LogP contribution is 2.10. The van der Waals surface area contributed by atoms with Crippen molar-refractivity contribution in [2.24, 2.45) is 0 Å². The lowest BCUT2D eigenvalue weighted by Gasteiger charge is -2.10. The Kier molecular flexibility index (Phi) is 3.24. The van der Waals surface area contributed by atoms with E-state index < -0.39 is 0 Å². The van der Waals surface area contributed by atoms with Crippen LogP contribution >= 0.6 is 11.6 Å². The maximum Gasteiger partial charge on any atom is 0.204 e. The molecule has 0 atom stereocenters. The summed E-state index contributed by atoms with van der Waals surface area (Å²) in [6.07, 6.45) is 0. The molecule has 1 aromatic heterocycles. The molecule has 0 N–H and O–H groups in total. The first-order chi connectivity index (χ1) is 8.11. The van der Waals surface area contributed by atoms with Crippen LogP contribution in [-0.2, 0) is 5.88 Å². The quantitative estimate of drug-likeness (QED) is 0.770. The summed E-state index contributed by atoms with van der Waals surface area (Å²) in [4.78, 5) is 11.5. The topological polar surface area (TPSA) is 34.9 Å². The Bertz CT molecular complexity index is 592. The highest BCUT2D eigenvalue weighted by atomic mass is 35.5. The molecular weight excluding hydrogens is 243 g/mol. The van der Waals surface area contributed by atoms with Gasteiger partial charge in [-0.3, -0.25) is 4.79 Å². The lowest BCUT2D eigenvalue weighted by atomic mass is 10.3. The van der Waals surface area contributed by atoms with Gasteiger partial charge in [-0.15, -0.1) is 11.6 Å². The molecule has 0 radical (unpaired) electrons. The van der Waals surface area contributed by atoms with Gasteiger partial charge in [-0.1, -0.05) is 0 Å². The van der Waals surface area contributed by atoms with E-state index in [1.807, 2.05) is 0 Å². The van der Waals surface area contributed by atoms with Crippen molar-refractivity contribution in [2.75, 3.05) is 0 Å². The number of rotatable bonds is 2. The van der Waals surface area contributed by atoms with E-state index in [4.69, 9.17) is 11.6 Å². The Hall–Kier alpha value is -1.68. The third kappa shape index (κ3) is 2.36. The van der Waals surface area contributed by atoms with E-state index in [1.165, 1.54) is 18.2 Å². The number of hydrogen-bond donors (Lipinski definition) is 0. The van der Waals surface area contributed by atoms with Gasteiger partial charge in [-0.2, -0.15) is 5.10 Å². The standard InChI is InChI=1S/C12H10ClFN2O/c1-8-6-12(17)11(7-13)15-16(8)10-4-2-9(14)3-5-10/h2-6H,7H2,1H3. The van der Waals surface area contributed by atoms with Gasteiger partial charge in [0.05, 0.1) is 11.6 Å². The maximum absolute atomic E-state index is 12.8. The summed E-state index contributed by atoms with van der Waals surface area (Å²) < 4.78 is 14.4. The smallest absolute Gasteiger partial charge is 0.204 e. The lowest BCUT2D eigenvalue weighted by molar-refractivity contribution is 0.626. The maximum atomic E-state index is 12.8. The number of nitrogens with zero attached hydrogens (tertiary/aromatic N) is 2. The fourth-order valence-corrected chi connectivity index (χ4v) is 1.70. The second kappa shape index (κ2) is 4.67. The second-order valence-corrected chi connectivity index (χ2v) is 3.89. The van der Waals surface area contributed by atoms with Crippen LogP contribution in [0, 0.1) is 12.7 Å². The molecule has 0 fully saturated rings. The molecule has 0 aliphatic carbocycles. The Morgan fingerprint density at radius 3 is 2.59 bits per heavy atom. The lowest BCUT2D eigenvalue weighted by Crippen LogP contribution is -2.17. The molecule has 0 aliphatic rings. The molecule has 0 bridgehead atoms. The molecule has 0 saturated carbocycles. The van der Waals surface area contributed by atoms with Crippen molar-refractivity contribution in [3.8, 4) is 5.69 Å². The molecule has 17 heavy (non-hydrogen) atoms. The van der Waals surface area contributed by atoms with E-state index in [9.17, 15) is 9.18 Å². The van der Waals surface area contributed by atoms with Crippen LogP contribution in [0.15, 0.2) is 35.1 Å². The summed E-state index contributed by atoms with van der Waals surface area (Å²) in [5.41, 5.74) is 1.46. The Balaban J connectivity index is 2.59. The molecule has 0 amide bonds. The summed E-state index contributed by atoms with van der Waals surface area (Å²) in [6.45, 7) is 1.76. The number of benzene rings is 1. The van der Waals surface area contributed by atoms with Crippen molar-refractivity contribution >= 4 is 11.6 Å². The predicted molar refractivity (Wildman–Crippen MR) is 64.1 cm³/mol. The molecule has 5 heteroatoms. The number of aromatic nitrogens is 2. The number of hydrogen-bond acceptors (Lipinski definition) is 2. The monoisotopic (exact) mass is 252 g/mol. The minimum Gasteiger partial charge on any atom is -0.288 e. The highest BCUT2D eigenvalue weighted by Gasteiger charge is 2.06. The summed E-state index contributed by atoms with van der Waals surface area (Å²) in [6, 6.07) is 7.34. The summed E-state index contributed by atoms with van der Waals surface area (Å²) >= 11 is 5.63. The molecular formula is C12H10ClFN2O. The minimum absolute atomic E-state index is 0.0559. The van der Waals surface area contributed by atoms with Crippen molar-refractivity contribution in [2.45, 2.75) is 12.8 Å². The number of alkyl halides is 1. The molecule has 2 aromatic rings. The molecule has 0 unspecified atom stereocenters. The van der Waals surface area contributed by atoms with Crippen LogP contribution in [0.3, 0.4) is 0 Å². The number of aryl methyl sites for hydroxylation is 1. The molecule has 3 nitrogen and oxygen atoms in total. The zero-order valence-electron chi connectivity index (χ0n) is 9.15. The first kappa shape index (κ1) is 11.8. The van der Waals surface area contributed by atoms with Gasteiger partial charge in [0.25, 0.3) is 0 Å². The van der Waals surface area contributed by atoms with E-state index in [2.05, 4.69) is 5.10 Å². The summed E-state index contributed by atoms with van der Waals surface area (Å²) in [7, 11) is 0. The minimum atomic E-state index is -0.315. The molecule has 0 saturated heterocycles.